The Balaban J connectivity index is 1.83. The van der Waals surface area contributed by atoms with Crippen LogP contribution in [0.25, 0.3) is 0 Å². The van der Waals surface area contributed by atoms with Gasteiger partial charge in [-0.1, -0.05) is 0 Å². The summed E-state index contributed by atoms with van der Waals surface area (Å²) < 4.78 is 5.55. The lowest BCUT2D eigenvalue weighted by atomic mass is 10.0. The average molecular weight is 354 g/mol. The first-order valence-corrected chi connectivity index (χ1v) is 10.1. The second kappa shape index (κ2) is 10.3. The minimum Gasteiger partial charge on any atom is -0.379 e. The third-order valence-corrected chi connectivity index (χ3v) is 5.44. The molecule has 0 amide bonds. The van der Waals surface area contributed by atoms with Gasteiger partial charge in [0.05, 0.1) is 19.8 Å². The fraction of sp³-hybridized carbons (Fsp3) is 0.947. The number of piperidine rings is 1. The molecule has 2 rings (SSSR count). The summed E-state index contributed by atoms with van der Waals surface area (Å²) in [5, 5.41) is 7.07. The van der Waals surface area contributed by atoms with Crippen LogP contribution in [0.5, 0.6) is 0 Å². The molecule has 25 heavy (non-hydrogen) atoms. The molecule has 0 aromatic carbocycles. The molecule has 6 heteroatoms. The topological polar surface area (TPSA) is 52.1 Å². The van der Waals surface area contributed by atoms with Crippen LogP contribution in [-0.4, -0.2) is 85.9 Å². The number of morpholine rings is 1. The molecular formula is C19H39N5O. The highest BCUT2D eigenvalue weighted by Crippen LogP contribution is 2.13. The summed E-state index contributed by atoms with van der Waals surface area (Å²) in [6.07, 6.45) is 2.39. The maximum absolute atomic E-state index is 5.55. The molecule has 0 radical (unpaired) electrons. The maximum Gasteiger partial charge on any atom is 0.191 e. The zero-order valence-corrected chi connectivity index (χ0v) is 16.9. The van der Waals surface area contributed by atoms with Crippen molar-refractivity contribution in [2.75, 3.05) is 45.9 Å². The minimum absolute atomic E-state index is 0.442. The Morgan fingerprint density at radius 3 is 2.52 bits per heavy atom. The Morgan fingerprint density at radius 2 is 1.92 bits per heavy atom. The van der Waals surface area contributed by atoms with E-state index in [1.165, 1.54) is 25.9 Å². The Kier molecular flexibility index (Phi) is 8.46. The highest BCUT2D eigenvalue weighted by Gasteiger charge is 2.24. The van der Waals surface area contributed by atoms with Gasteiger partial charge in [-0.25, -0.2) is 0 Å². The van der Waals surface area contributed by atoms with Gasteiger partial charge in [-0.2, -0.15) is 0 Å². The van der Waals surface area contributed by atoms with Gasteiger partial charge in [0.25, 0.3) is 0 Å². The Hall–Kier alpha value is -0.850. The molecule has 2 fully saturated rings. The molecule has 0 saturated carbocycles. The third kappa shape index (κ3) is 6.42. The van der Waals surface area contributed by atoms with E-state index in [9.17, 15) is 0 Å². The zero-order valence-electron chi connectivity index (χ0n) is 16.9. The first kappa shape index (κ1) is 20.5. The molecule has 0 aromatic heterocycles. The van der Waals surface area contributed by atoms with Gasteiger partial charge in [-0.3, -0.25) is 9.89 Å². The highest BCUT2D eigenvalue weighted by molar-refractivity contribution is 5.80. The molecule has 0 aromatic rings. The lowest BCUT2D eigenvalue weighted by Crippen LogP contribution is -2.51. The number of hydrogen-bond acceptors (Lipinski definition) is 4. The van der Waals surface area contributed by atoms with Gasteiger partial charge < -0.3 is 20.3 Å². The lowest BCUT2D eigenvalue weighted by molar-refractivity contribution is -0.0166. The fourth-order valence-electron chi connectivity index (χ4n) is 3.80. The van der Waals surface area contributed by atoms with Crippen molar-refractivity contribution in [3.05, 3.63) is 0 Å². The van der Waals surface area contributed by atoms with Crippen LogP contribution in [0.15, 0.2) is 4.99 Å². The van der Waals surface area contributed by atoms with Gasteiger partial charge in [0.2, 0.25) is 0 Å². The first-order chi connectivity index (χ1) is 12.0. The Bertz CT molecular complexity index is 407. The van der Waals surface area contributed by atoms with Crippen LogP contribution >= 0.6 is 0 Å². The van der Waals surface area contributed by atoms with Crippen LogP contribution in [0.3, 0.4) is 0 Å². The molecule has 0 aliphatic carbocycles. The summed E-state index contributed by atoms with van der Waals surface area (Å²) >= 11 is 0. The van der Waals surface area contributed by atoms with Gasteiger partial charge in [-0.05, 0) is 47.5 Å². The van der Waals surface area contributed by atoms with Crippen LogP contribution in [0.4, 0.5) is 0 Å². The second-order valence-corrected chi connectivity index (χ2v) is 7.78. The largest absolute Gasteiger partial charge is 0.379 e. The normalized spacial score (nSPS) is 26.0. The molecule has 2 heterocycles. The molecule has 2 aliphatic heterocycles. The number of nitrogens with one attached hydrogen (secondary N) is 2. The van der Waals surface area contributed by atoms with Gasteiger partial charge in [0.15, 0.2) is 5.96 Å². The van der Waals surface area contributed by atoms with Gasteiger partial charge >= 0.3 is 0 Å². The number of aliphatic imine (C=N–C) groups is 1. The summed E-state index contributed by atoms with van der Waals surface area (Å²) in [5.41, 5.74) is 0. The summed E-state index contributed by atoms with van der Waals surface area (Å²) in [6.45, 7) is 18.0. The van der Waals surface area contributed by atoms with E-state index in [4.69, 9.17) is 9.73 Å². The SMILES string of the molecule is CCNC(=NCC(C)N1CCOCC1C)NC1CCN(C(C)C)CC1. The van der Waals surface area contributed by atoms with Crippen molar-refractivity contribution in [3.8, 4) is 0 Å². The van der Waals surface area contributed by atoms with E-state index in [0.29, 0.717) is 24.2 Å². The number of hydrogen-bond donors (Lipinski definition) is 2. The number of guanidine groups is 1. The second-order valence-electron chi connectivity index (χ2n) is 7.78. The number of rotatable bonds is 6. The number of ether oxygens (including phenoxy) is 1. The van der Waals surface area contributed by atoms with Crippen molar-refractivity contribution in [2.24, 2.45) is 4.99 Å². The summed E-state index contributed by atoms with van der Waals surface area (Å²) in [4.78, 5) is 9.94. The molecule has 0 spiro atoms. The Labute approximate surface area is 154 Å². The summed E-state index contributed by atoms with van der Waals surface area (Å²) in [6, 6.07) is 2.11. The molecular weight excluding hydrogens is 314 g/mol. The lowest BCUT2D eigenvalue weighted by Gasteiger charge is -2.37. The fourth-order valence-corrected chi connectivity index (χ4v) is 3.80. The predicted molar refractivity (Wildman–Crippen MR) is 105 cm³/mol. The quantitative estimate of drug-likeness (QED) is 0.560. The molecule has 2 atom stereocenters. The van der Waals surface area contributed by atoms with Crippen molar-refractivity contribution in [2.45, 2.75) is 71.6 Å². The van der Waals surface area contributed by atoms with Crippen molar-refractivity contribution in [1.29, 1.82) is 0 Å². The van der Waals surface area contributed by atoms with Crippen LogP contribution < -0.4 is 10.6 Å². The zero-order chi connectivity index (χ0) is 18.2. The van der Waals surface area contributed by atoms with E-state index >= 15 is 0 Å². The summed E-state index contributed by atoms with van der Waals surface area (Å²) in [5.74, 6) is 0.971. The first-order valence-electron chi connectivity index (χ1n) is 10.1. The average Bonchev–Trinajstić information content (AvgIpc) is 2.60. The van der Waals surface area contributed by atoms with Gasteiger partial charge in [-0.15, -0.1) is 0 Å². The van der Waals surface area contributed by atoms with Crippen molar-refractivity contribution in [3.63, 3.8) is 0 Å². The van der Waals surface area contributed by atoms with E-state index < -0.39 is 0 Å². The Morgan fingerprint density at radius 1 is 1.20 bits per heavy atom. The summed E-state index contributed by atoms with van der Waals surface area (Å²) in [7, 11) is 0. The van der Waals surface area contributed by atoms with E-state index in [0.717, 1.165) is 38.8 Å². The molecule has 6 nitrogen and oxygen atoms in total. The molecule has 2 saturated heterocycles. The van der Waals surface area contributed by atoms with E-state index in [2.05, 4.69) is 55.1 Å². The van der Waals surface area contributed by atoms with Crippen LogP contribution in [0, 0.1) is 0 Å². The van der Waals surface area contributed by atoms with E-state index in [1.807, 2.05) is 0 Å². The van der Waals surface area contributed by atoms with Gasteiger partial charge in [0.1, 0.15) is 0 Å². The third-order valence-electron chi connectivity index (χ3n) is 5.44. The van der Waals surface area contributed by atoms with Crippen molar-refractivity contribution in [1.82, 2.24) is 20.4 Å². The van der Waals surface area contributed by atoms with Gasteiger partial charge in [0, 0.05) is 50.3 Å². The molecule has 0 bridgehead atoms. The van der Waals surface area contributed by atoms with Crippen molar-refractivity contribution < 1.29 is 4.74 Å². The molecule has 146 valence electrons. The smallest absolute Gasteiger partial charge is 0.191 e. The van der Waals surface area contributed by atoms with Crippen LogP contribution in [0.2, 0.25) is 0 Å². The standard InChI is InChI=1S/C19H39N5O/c1-6-20-19(22-18-7-9-23(10-8-18)15(2)3)21-13-16(4)24-11-12-25-14-17(24)5/h15-18H,6-14H2,1-5H3,(H2,20,21,22). The van der Waals surface area contributed by atoms with E-state index in [-0.39, 0.29) is 0 Å². The predicted octanol–water partition coefficient (Wildman–Crippen LogP) is 1.52. The number of likely N-dealkylation sites (tertiary alicyclic amines) is 1. The van der Waals surface area contributed by atoms with Crippen LogP contribution in [0.1, 0.15) is 47.5 Å². The molecule has 2 unspecified atom stereocenters. The minimum atomic E-state index is 0.442. The molecule has 2 aliphatic rings. The monoisotopic (exact) mass is 353 g/mol. The van der Waals surface area contributed by atoms with E-state index in [1.54, 1.807) is 0 Å². The van der Waals surface area contributed by atoms with Crippen molar-refractivity contribution >= 4 is 5.96 Å². The maximum atomic E-state index is 5.55. The highest BCUT2D eigenvalue weighted by atomic mass is 16.5. The van der Waals surface area contributed by atoms with Crippen LogP contribution in [-0.2, 0) is 4.74 Å². The molecule has 2 N–H and O–H groups in total. The number of nitrogens with zero attached hydrogens (tertiary/aromatic N) is 3.